The maximum Gasteiger partial charge on any atom is 0.0797 e. The molecular formula is C20H19BrSi. The lowest BCUT2D eigenvalue weighted by Gasteiger charge is -2.36. The van der Waals surface area contributed by atoms with Crippen LogP contribution in [0.25, 0.3) is 6.08 Å². The Bertz CT molecular complexity index is 792. The third kappa shape index (κ3) is 1.94. The van der Waals surface area contributed by atoms with Gasteiger partial charge in [0, 0.05) is 5.92 Å². The zero-order chi connectivity index (χ0) is 15.3. The minimum absolute atomic E-state index is 0.123. The monoisotopic (exact) mass is 366 g/mol. The Hall–Kier alpha value is -1.38. The van der Waals surface area contributed by atoms with Gasteiger partial charge in [0.25, 0.3) is 0 Å². The molecule has 0 aliphatic heterocycles. The van der Waals surface area contributed by atoms with Crippen molar-refractivity contribution in [2.45, 2.75) is 23.3 Å². The van der Waals surface area contributed by atoms with E-state index in [9.17, 15) is 0 Å². The van der Waals surface area contributed by atoms with Gasteiger partial charge in [0.05, 0.1) is 13.1 Å². The average molecular weight is 367 g/mol. The fourth-order valence-corrected chi connectivity index (χ4v) is 6.05. The predicted molar refractivity (Wildman–Crippen MR) is 102 cm³/mol. The molecule has 22 heavy (non-hydrogen) atoms. The summed E-state index contributed by atoms with van der Waals surface area (Å²) >= 11 is 4.11. The first-order valence-corrected chi connectivity index (χ1v) is 11.6. The van der Waals surface area contributed by atoms with E-state index in [1.165, 1.54) is 22.3 Å². The molecule has 0 radical (unpaired) electrons. The van der Waals surface area contributed by atoms with Crippen LogP contribution in [0.4, 0.5) is 0 Å². The maximum absolute atomic E-state index is 4.11. The largest absolute Gasteiger partial charge is 0.0797 e. The molecule has 3 aliphatic rings. The van der Waals surface area contributed by atoms with Crippen LogP contribution < -0.4 is 0 Å². The Kier molecular flexibility index (Phi) is 3.28. The van der Waals surface area contributed by atoms with Gasteiger partial charge in [0.1, 0.15) is 0 Å². The molecule has 0 N–H and O–H groups in total. The summed E-state index contributed by atoms with van der Waals surface area (Å²) in [6.45, 7) is 4.81. The van der Waals surface area contributed by atoms with Gasteiger partial charge in [-0.3, -0.25) is 0 Å². The molecule has 0 heterocycles. The lowest BCUT2D eigenvalue weighted by Crippen LogP contribution is -2.31. The van der Waals surface area contributed by atoms with E-state index >= 15 is 0 Å². The van der Waals surface area contributed by atoms with E-state index in [1.54, 1.807) is 5.20 Å². The minimum Gasteiger partial charge on any atom is -0.0745 e. The van der Waals surface area contributed by atoms with Crippen LogP contribution >= 0.6 is 15.9 Å². The van der Waals surface area contributed by atoms with Crippen LogP contribution in [0.15, 0.2) is 77.1 Å². The van der Waals surface area contributed by atoms with Gasteiger partial charge in [-0.1, -0.05) is 101 Å². The smallest absolute Gasteiger partial charge is 0.0745 e. The molecule has 0 bridgehead atoms. The molecule has 0 fully saturated rings. The third-order valence-electron chi connectivity index (χ3n) is 4.92. The van der Waals surface area contributed by atoms with Crippen molar-refractivity contribution in [1.29, 1.82) is 0 Å². The Morgan fingerprint density at radius 2 is 1.91 bits per heavy atom. The molecule has 0 spiro atoms. The van der Waals surface area contributed by atoms with Gasteiger partial charge in [-0.05, 0) is 22.3 Å². The Morgan fingerprint density at radius 3 is 2.73 bits per heavy atom. The van der Waals surface area contributed by atoms with Crippen LogP contribution in [0, 0.1) is 0 Å². The molecule has 0 amide bonds. The van der Waals surface area contributed by atoms with E-state index < -0.39 is 8.80 Å². The summed E-state index contributed by atoms with van der Waals surface area (Å²) in [4.78, 5) is 0. The van der Waals surface area contributed by atoms with Crippen LogP contribution in [0.1, 0.15) is 17.0 Å². The Labute approximate surface area is 142 Å². The maximum atomic E-state index is 4.11. The summed E-state index contributed by atoms with van der Waals surface area (Å²) in [5, 5.41) is 1.58. The van der Waals surface area contributed by atoms with Gasteiger partial charge in [-0.15, -0.1) is 0 Å². The molecular weight excluding hydrogens is 348 g/mol. The van der Waals surface area contributed by atoms with Gasteiger partial charge < -0.3 is 0 Å². The summed E-state index contributed by atoms with van der Waals surface area (Å²) in [5.41, 5.74) is 5.65. The average Bonchev–Trinajstić information content (AvgIpc) is 3.12. The highest BCUT2D eigenvalue weighted by Gasteiger charge is 2.43. The van der Waals surface area contributed by atoms with Crippen LogP contribution in [0.3, 0.4) is 0 Å². The summed E-state index contributed by atoms with van der Waals surface area (Å²) < 4.78 is -0.123. The number of halogens is 1. The van der Waals surface area contributed by atoms with Crippen molar-refractivity contribution >= 4 is 30.8 Å². The van der Waals surface area contributed by atoms with Gasteiger partial charge >= 0.3 is 0 Å². The van der Waals surface area contributed by atoms with E-state index in [2.05, 4.69) is 95.8 Å². The summed E-state index contributed by atoms with van der Waals surface area (Å²) in [6, 6.07) is 8.73. The van der Waals surface area contributed by atoms with E-state index in [-0.39, 0.29) is 4.32 Å². The summed E-state index contributed by atoms with van der Waals surface area (Å²) in [6.07, 6.45) is 16.1. The van der Waals surface area contributed by atoms with E-state index in [1.807, 2.05) is 0 Å². The van der Waals surface area contributed by atoms with Crippen LogP contribution in [0.2, 0.25) is 13.1 Å². The van der Waals surface area contributed by atoms with Gasteiger partial charge in [-0.25, -0.2) is 0 Å². The molecule has 0 aromatic heterocycles. The Morgan fingerprint density at radius 1 is 1.09 bits per heavy atom. The second-order valence-electron chi connectivity index (χ2n) is 6.53. The predicted octanol–water partition coefficient (Wildman–Crippen LogP) is 5.32. The number of hydrogen-bond acceptors (Lipinski definition) is 0. The molecule has 0 saturated heterocycles. The van der Waals surface area contributed by atoms with Crippen molar-refractivity contribution < 1.29 is 0 Å². The van der Waals surface area contributed by atoms with E-state index in [0.717, 1.165) is 0 Å². The highest BCUT2D eigenvalue weighted by Crippen LogP contribution is 2.53. The number of rotatable bonds is 2. The summed E-state index contributed by atoms with van der Waals surface area (Å²) in [5.74, 6) is 0.358. The number of fused-ring (bicyclic) bond motifs is 2. The molecule has 110 valence electrons. The quantitative estimate of drug-likeness (QED) is 0.490. The number of alkyl halides is 1. The lowest BCUT2D eigenvalue weighted by molar-refractivity contribution is 0.748. The van der Waals surface area contributed by atoms with Crippen molar-refractivity contribution in [2.75, 3.05) is 0 Å². The summed E-state index contributed by atoms with van der Waals surface area (Å²) in [7, 11) is -0.808. The Balaban J connectivity index is 1.78. The van der Waals surface area contributed by atoms with Crippen LogP contribution in [0.5, 0.6) is 0 Å². The number of benzene rings is 1. The van der Waals surface area contributed by atoms with E-state index in [4.69, 9.17) is 0 Å². The third-order valence-corrected chi connectivity index (χ3v) is 7.85. The van der Waals surface area contributed by atoms with Crippen molar-refractivity contribution in [3.8, 4) is 0 Å². The first-order chi connectivity index (χ1) is 10.6. The van der Waals surface area contributed by atoms with E-state index in [0.29, 0.717) is 5.92 Å². The SMILES string of the molecule is C[SiH](C)C1=CC=C2C1=CC=CC2(Br)[C@@H]1C=Cc2ccccc21. The molecule has 2 atom stereocenters. The van der Waals surface area contributed by atoms with Crippen LogP contribution in [-0.2, 0) is 0 Å². The molecule has 1 aromatic carbocycles. The molecule has 4 rings (SSSR count). The van der Waals surface area contributed by atoms with Gasteiger partial charge in [0.15, 0.2) is 0 Å². The second kappa shape index (κ2) is 5.07. The van der Waals surface area contributed by atoms with Crippen molar-refractivity contribution in [2.24, 2.45) is 0 Å². The van der Waals surface area contributed by atoms with Crippen LogP contribution in [-0.4, -0.2) is 13.1 Å². The van der Waals surface area contributed by atoms with Crippen molar-refractivity contribution in [3.63, 3.8) is 0 Å². The lowest BCUT2D eigenvalue weighted by atomic mass is 9.78. The zero-order valence-electron chi connectivity index (χ0n) is 12.9. The number of hydrogen-bond donors (Lipinski definition) is 0. The first-order valence-electron chi connectivity index (χ1n) is 7.90. The standard InChI is InChI=1S/C20H19BrSi/c1-22(2)19-12-11-18-16(19)8-5-13-20(18,21)17-10-9-14-6-3-4-7-15(14)17/h3-13,17,22H,1-2H3/t17-,20?/m1/s1. The topological polar surface area (TPSA) is 0 Å². The van der Waals surface area contributed by atoms with Crippen molar-refractivity contribution in [3.05, 3.63) is 88.2 Å². The highest BCUT2D eigenvalue weighted by atomic mass is 79.9. The molecule has 0 saturated carbocycles. The fourth-order valence-electron chi connectivity index (χ4n) is 3.79. The van der Waals surface area contributed by atoms with Gasteiger partial charge in [-0.2, -0.15) is 0 Å². The molecule has 2 heteroatoms. The molecule has 3 aliphatic carbocycles. The highest BCUT2D eigenvalue weighted by molar-refractivity contribution is 9.10. The fraction of sp³-hybridized carbons (Fsp3) is 0.200. The molecule has 0 nitrogen and oxygen atoms in total. The first kappa shape index (κ1) is 14.2. The van der Waals surface area contributed by atoms with Crippen molar-refractivity contribution in [1.82, 2.24) is 0 Å². The molecule has 1 unspecified atom stereocenters. The number of allylic oxidation sites excluding steroid dienone is 9. The zero-order valence-corrected chi connectivity index (χ0v) is 15.6. The van der Waals surface area contributed by atoms with Gasteiger partial charge in [0.2, 0.25) is 0 Å². The second-order valence-corrected chi connectivity index (χ2v) is 10.8. The molecule has 1 aromatic rings. The minimum atomic E-state index is -0.808. The normalized spacial score (nSPS) is 28.4.